The van der Waals surface area contributed by atoms with Crippen LogP contribution in [0.2, 0.25) is 0 Å². The lowest BCUT2D eigenvalue weighted by molar-refractivity contribution is 0.436. The third-order valence-electron chi connectivity index (χ3n) is 2.55. The van der Waals surface area contributed by atoms with Crippen molar-refractivity contribution in [3.8, 4) is 0 Å². The van der Waals surface area contributed by atoms with Crippen molar-refractivity contribution in [1.29, 1.82) is 0 Å². The summed E-state index contributed by atoms with van der Waals surface area (Å²) in [5, 5.41) is 3.29. The first kappa shape index (κ1) is 13.3. The van der Waals surface area contributed by atoms with Crippen molar-refractivity contribution < 1.29 is 4.42 Å². The summed E-state index contributed by atoms with van der Waals surface area (Å²) in [5.74, 6) is 1.99. The molecular formula is C12H13Br2NOS. The van der Waals surface area contributed by atoms with Gasteiger partial charge < -0.3 is 9.73 Å². The summed E-state index contributed by atoms with van der Waals surface area (Å²) in [7, 11) is 1.94. The van der Waals surface area contributed by atoms with Gasteiger partial charge in [0.05, 0.1) is 3.79 Å². The van der Waals surface area contributed by atoms with Gasteiger partial charge in [0.1, 0.15) is 17.6 Å². The average molecular weight is 379 g/mol. The van der Waals surface area contributed by atoms with E-state index in [0.717, 1.165) is 26.2 Å². The molecule has 0 amide bonds. The van der Waals surface area contributed by atoms with E-state index in [1.807, 2.05) is 19.2 Å². The largest absolute Gasteiger partial charge is 0.464 e. The molecule has 0 fully saturated rings. The van der Waals surface area contributed by atoms with E-state index in [0.29, 0.717) is 0 Å². The van der Waals surface area contributed by atoms with Crippen LogP contribution in [0.3, 0.4) is 0 Å². The first-order chi connectivity index (χ1) is 8.15. The molecule has 1 N–H and O–H groups in total. The molecule has 17 heavy (non-hydrogen) atoms. The Morgan fingerprint density at radius 1 is 1.41 bits per heavy atom. The smallest absolute Gasteiger partial charge is 0.126 e. The molecule has 92 valence electrons. The van der Waals surface area contributed by atoms with Crippen molar-refractivity contribution in [3.63, 3.8) is 0 Å². The van der Waals surface area contributed by atoms with E-state index in [4.69, 9.17) is 4.42 Å². The van der Waals surface area contributed by atoms with Gasteiger partial charge in [0.25, 0.3) is 0 Å². The molecule has 0 spiro atoms. The monoisotopic (exact) mass is 377 g/mol. The van der Waals surface area contributed by atoms with E-state index in [1.165, 1.54) is 4.88 Å². The summed E-state index contributed by atoms with van der Waals surface area (Å²) in [5.41, 5.74) is 0. The molecule has 1 unspecified atom stereocenters. The van der Waals surface area contributed by atoms with Gasteiger partial charge in [0.15, 0.2) is 0 Å². The molecule has 0 aliphatic rings. The Bertz CT molecular complexity index is 487. The van der Waals surface area contributed by atoms with Crippen LogP contribution in [0, 0.1) is 0 Å². The highest BCUT2D eigenvalue weighted by molar-refractivity contribution is 9.13. The Morgan fingerprint density at radius 2 is 2.18 bits per heavy atom. The van der Waals surface area contributed by atoms with Crippen molar-refractivity contribution in [2.24, 2.45) is 0 Å². The van der Waals surface area contributed by atoms with Crippen molar-refractivity contribution in [2.45, 2.75) is 19.4 Å². The number of thiophene rings is 1. The van der Waals surface area contributed by atoms with Crippen LogP contribution in [-0.4, -0.2) is 7.05 Å². The van der Waals surface area contributed by atoms with Crippen LogP contribution in [0.4, 0.5) is 0 Å². The van der Waals surface area contributed by atoms with Crippen LogP contribution in [0.1, 0.15) is 29.4 Å². The minimum absolute atomic E-state index is 0.114. The summed E-state index contributed by atoms with van der Waals surface area (Å²) in [4.78, 5) is 1.23. The van der Waals surface area contributed by atoms with Gasteiger partial charge in [-0.2, -0.15) is 0 Å². The van der Waals surface area contributed by atoms with Gasteiger partial charge in [-0.05, 0) is 57.1 Å². The highest BCUT2D eigenvalue weighted by atomic mass is 79.9. The van der Waals surface area contributed by atoms with Crippen LogP contribution >= 0.6 is 43.2 Å². The minimum Gasteiger partial charge on any atom is -0.464 e. The lowest BCUT2D eigenvalue weighted by Gasteiger charge is -2.11. The van der Waals surface area contributed by atoms with Crippen LogP contribution in [0.25, 0.3) is 0 Å². The Hall–Kier alpha value is -0.100. The maximum absolute atomic E-state index is 5.80. The fourth-order valence-electron chi connectivity index (χ4n) is 1.67. The van der Waals surface area contributed by atoms with Gasteiger partial charge in [-0.3, -0.25) is 0 Å². The predicted molar refractivity (Wildman–Crippen MR) is 78.7 cm³/mol. The SMILES string of the molecule is CCc1ccc(C(NC)c2cc(Br)c(Br)s2)o1. The van der Waals surface area contributed by atoms with Crippen LogP contribution < -0.4 is 5.32 Å². The molecule has 2 heterocycles. The van der Waals surface area contributed by atoms with Crippen molar-refractivity contribution in [2.75, 3.05) is 7.05 Å². The van der Waals surface area contributed by atoms with E-state index in [9.17, 15) is 0 Å². The lowest BCUT2D eigenvalue weighted by atomic mass is 10.2. The Kier molecular flexibility index (Phi) is 4.47. The number of aryl methyl sites for hydroxylation is 1. The zero-order chi connectivity index (χ0) is 12.4. The summed E-state index contributed by atoms with van der Waals surface area (Å²) in [6.45, 7) is 2.09. The second kappa shape index (κ2) is 5.69. The summed E-state index contributed by atoms with van der Waals surface area (Å²) in [6.07, 6.45) is 0.925. The fourth-order valence-corrected chi connectivity index (χ4v) is 3.88. The topological polar surface area (TPSA) is 25.2 Å². The fraction of sp³-hybridized carbons (Fsp3) is 0.333. The molecule has 0 aliphatic carbocycles. The van der Waals surface area contributed by atoms with Crippen molar-refractivity contribution >= 4 is 43.2 Å². The molecular weight excluding hydrogens is 366 g/mol. The number of halogens is 2. The van der Waals surface area contributed by atoms with Crippen molar-refractivity contribution in [3.05, 3.63) is 42.9 Å². The second-order valence-corrected chi connectivity index (χ2v) is 6.91. The first-order valence-corrected chi connectivity index (χ1v) is 7.76. The number of nitrogens with one attached hydrogen (secondary N) is 1. The number of hydrogen-bond donors (Lipinski definition) is 1. The Labute approximate surface area is 122 Å². The summed E-state index contributed by atoms with van der Waals surface area (Å²) < 4.78 is 7.99. The second-order valence-electron chi connectivity index (χ2n) is 3.65. The third-order valence-corrected chi connectivity index (χ3v) is 5.87. The predicted octanol–water partition coefficient (Wildman–Crippen LogP) is 4.74. The maximum atomic E-state index is 5.80. The molecule has 2 aromatic heterocycles. The highest BCUT2D eigenvalue weighted by Crippen LogP contribution is 2.37. The standard InChI is InChI=1S/C12H13Br2NOS/c1-3-7-4-5-9(16-7)11(15-2)10-6-8(13)12(14)17-10/h4-6,11,15H,3H2,1-2H3. The van der Waals surface area contributed by atoms with E-state index in [1.54, 1.807) is 11.3 Å². The molecule has 0 radical (unpaired) electrons. The number of hydrogen-bond acceptors (Lipinski definition) is 3. The molecule has 2 rings (SSSR count). The molecule has 0 aromatic carbocycles. The molecule has 2 nitrogen and oxygen atoms in total. The van der Waals surface area contributed by atoms with Gasteiger partial charge in [0.2, 0.25) is 0 Å². The number of furan rings is 1. The van der Waals surface area contributed by atoms with Gasteiger partial charge >= 0.3 is 0 Å². The summed E-state index contributed by atoms with van der Waals surface area (Å²) >= 11 is 8.73. The highest BCUT2D eigenvalue weighted by Gasteiger charge is 2.19. The molecule has 0 saturated carbocycles. The molecule has 5 heteroatoms. The maximum Gasteiger partial charge on any atom is 0.126 e. The van der Waals surface area contributed by atoms with E-state index in [-0.39, 0.29) is 6.04 Å². The van der Waals surface area contributed by atoms with Gasteiger partial charge in [-0.15, -0.1) is 11.3 Å². The molecule has 0 aliphatic heterocycles. The lowest BCUT2D eigenvalue weighted by Crippen LogP contribution is -2.15. The normalized spacial score (nSPS) is 12.9. The van der Waals surface area contributed by atoms with Crippen LogP contribution in [0.5, 0.6) is 0 Å². The zero-order valence-corrected chi connectivity index (χ0v) is 13.6. The van der Waals surface area contributed by atoms with Crippen LogP contribution in [-0.2, 0) is 6.42 Å². The van der Waals surface area contributed by atoms with Gasteiger partial charge in [0, 0.05) is 15.8 Å². The minimum atomic E-state index is 0.114. The van der Waals surface area contributed by atoms with E-state index < -0.39 is 0 Å². The first-order valence-electron chi connectivity index (χ1n) is 5.36. The average Bonchev–Trinajstić information content (AvgIpc) is 2.89. The molecule has 2 aromatic rings. The molecule has 0 bridgehead atoms. The Morgan fingerprint density at radius 3 is 2.65 bits per heavy atom. The Balaban J connectivity index is 2.32. The van der Waals surface area contributed by atoms with Gasteiger partial charge in [-0.25, -0.2) is 0 Å². The quantitative estimate of drug-likeness (QED) is 0.831. The third kappa shape index (κ3) is 2.84. The number of rotatable bonds is 4. The van der Waals surface area contributed by atoms with E-state index in [2.05, 4.69) is 50.2 Å². The van der Waals surface area contributed by atoms with Gasteiger partial charge in [-0.1, -0.05) is 6.92 Å². The zero-order valence-electron chi connectivity index (χ0n) is 9.59. The molecule has 0 saturated heterocycles. The van der Waals surface area contributed by atoms with Crippen LogP contribution in [0.15, 0.2) is 30.9 Å². The van der Waals surface area contributed by atoms with Crippen molar-refractivity contribution in [1.82, 2.24) is 5.32 Å². The molecule has 1 atom stereocenters. The summed E-state index contributed by atoms with van der Waals surface area (Å²) in [6, 6.07) is 6.31. The van der Waals surface area contributed by atoms with E-state index >= 15 is 0 Å².